The van der Waals surface area contributed by atoms with E-state index in [2.05, 4.69) is 15.7 Å². The molecule has 148 valence electrons. The molecule has 2 amide bonds. The molecule has 0 aliphatic carbocycles. The lowest BCUT2D eigenvalue weighted by Crippen LogP contribution is -2.51. The number of carbonyl (C=O) groups excluding carboxylic acids is 2. The monoisotopic (exact) mass is 419 g/mol. The summed E-state index contributed by atoms with van der Waals surface area (Å²) in [7, 11) is 0. The van der Waals surface area contributed by atoms with E-state index in [1.165, 1.54) is 18.2 Å². The second-order valence-electron chi connectivity index (χ2n) is 6.30. The number of nitrogens with one attached hydrogen (secondary N) is 2. The minimum absolute atomic E-state index is 0.0293. The first kappa shape index (κ1) is 19.2. The van der Waals surface area contributed by atoms with Crippen molar-refractivity contribution in [3.63, 3.8) is 0 Å². The van der Waals surface area contributed by atoms with Crippen molar-refractivity contribution >= 4 is 40.9 Å². The summed E-state index contributed by atoms with van der Waals surface area (Å²) in [6, 6.07) is 17.0. The molecular weight excluding hydrogens is 406 g/mol. The molecule has 2 heterocycles. The molecule has 0 bridgehead atoms. The maximum atomic E-state index is 12.1. The summed E-state index contributed by atoms with van der Waals surface area (Å²) in [5.41, 5.74) is 2.26. The van der Waals surface area contributed by atoms with Crippen LogP contribution < -0.4 is 10.6 Å². The van der Waals surface area contributed by atoms with Gasteiger partial charge in [-0.1, -0.05) is 18.2 Å². The van der Waals surface area contributed by atoms with Crippen LogP contribution in [0.25, 0.3) is 23.0 Å². The van der Waals surface area contributed by atoms with Crippen LogP contribution in [0.5, 0.6) is 0 Å². The van der Waals surface area contributed by atoms with E-state index in [1.54, 1.807) is 22.9 Å². The van der Waals surface area contributed by atoms with E-state index in [0.717, 1.165) is 5.69 Å². The summed E-state index contributed by atoms with van der Waals surface area (Å²) in [6.45, 7) is 0. The van der Waals surface area contributed by atoms with Crippen molar-refractivity contribution in [3.8, 4) is 16.9 Å². The second-order valence-corrected chi connectivity index (χ2v) is 6.71. The smallest absolute Gasteiger partial charge is 0.269 e. The number of benzene rings is 2. The SMILES string of the molecule is O=C1NC(=S)NC(=O)C1=Cc1cc(-c2ccc([N+](=O)[O-])cc2)n(-c2ccccc2)n1. The lowest BCUT2D eigenvalue weighted by Gasteiger charge is -2.15. The number of hydrogen-bond donors (Lipinski definition) is 2. The summed E-state index contributed by atoms with van der Waals surface area (Å²) in [5, 5.41) is 20.2. The third-order valence-corrected chi connectivity index (χ3v) is 4.54. The molecule has 2 N–H and O–H groups in total. The minimum Gasteiger partial charge on any atom is -0.299 e. The highest BCUT2D eigenvalue weighted by Gasteiger charge is 2.26. The number of nitro benzene ring substituents is 1. The molecule has 1 aliphatic rings. The second kappa shape index (κ2) is 7.68. The number of non-ortho nitro benzene ring substituents is 1. The van der Waals surface area contributed by atoms with Crippen molar-refractivity contribution in [2.45, 2.75) is 0 Å². The van der Waals surface area contributed by atoms with Gasteiger partial charge in [-0.3, -0.25) is 30.3 Å². The van der Waals surface area contributed by atoms with Crippen LogP contribution in [0.2, 0.25) is 0 Å². The van der Waals surface area contributed by atoms with E-state index in [1.807, 2.05) is 30.3 Å². The van der Waals surface area contributed by atoms with Crippen LogP contribution in [0.15, 0.2) is 66.2 Å². The third-order valence-electron chi connectivity index (χ3n) is 4.34. The van der Waals surface area contributed by atoms with Gasteiger partial charge in [-0.2, -0.15) is 5.10 Å². The molecule has 0 radical (unpaired) electrons. The summed E-state index contributed by atoms with van der Waals surface area (Å²) >= 11 is 4.80. The molecule has 1 aromatic heterocycles. The Morgan fingerprint density at radius 1 is 1.00 bits per heavy atom. The fourth-order valence-electron chi connectivity index (χ4n) is 2.95. The summed E-state index contributed by atoms with van der Waals surface area (Å²) in [5.74, 6) is -1.23. The van der Waals surface area contributed by atoms with Gasteiger partial charge in [0, 0.05) is 17.7 Å². The lowest BCUT2D eigenvalue weighted by atomic mass is 10.1. The Bertz CT molecular complexity index is 1190. The van der Waals surface area contributed by atoms with Crippen LogP contribution in [0.1, 0.15) is 5.69 Å². The van der Waals surface area contributed by atoms with Gasteiger partial charge in [-0.05, 0) is 48.6 Å². The van der Waals surface area contributed by atoms with Crippen molar-refractivity contribution < 1.29 is 14.5 Å². The molecule has 1 saturated heterocycles. The number of nitrogens with zero attached hydrogens (tertiary/aromatic N) is 3. The number of thiocarbonyl (C=S) groups is 1. The molecule has 0 spiro atoms. The Balaban J connectivity index is 1.81. The van der Waals surface area contributed by atoms with Gasteiger partial charge in [0.05, 0.1) is 22.0 Å². The first-order valence-corrected chi connectivity index (χ1v) is 9.12. The number of para-hydroxylation sites is 1. The molecule has 9 nitrogen and oxygen atoms in total. The Morgan fingerprint density at radius 3 is 2.23 bits per heavy atom. The van der Waals surface area contributed by atoms with E-state index < -0.39 is 16.7 Å². The van der Waals surface area contributed by atoms with Gasteiger partial charge >= 0.3 is 0 Å². The van der Waals surface area contributed by atoms with Gasteiger partial charge in [-0.15, -0.1) is 0 Å². The number of rotatable bonds is 4. The molecule has 0 atom stereocenters. The zero-order chi connectivity index (χ0) is 21.3. The highest BCUT2D eigenvalue weighted by atomic mass is 32.1. The molecule has 0 unspecified atom stereocenters. The predicted molar refractivity (Wildman–Crippen MR) is 113 cm³/mol. The van der Waals surface area contributed by atoms with Crippen LogP contribution >= 0.6 is 12.2 Å². The van der Waals surface area contributed by atoms with Gasteiger partial charge in [-0.25, -0.2) is 4.68 Å². The molecular formula is C20H13N5O4S. The van der Waals surface area contributed by atoms with E-state index in [0.29, 0.717) is 17.0 Å². The van der Waals surface area contributed by atoms with E-state index in [-0.39, 0.29) is 16.4 Å². The lowest BCUT2D eigenvalue weighted by molar-refractivity contribution is -0.384. The molecule has 1 aliphatic heterocycles. The maximum absolute atomic E-state index is 12.1. The average Bonchev–Trinajstić information content (AvgIpc) is 3.15. The zero-order valence-electron chi connectivity index (χ0n) is 15.2. The van der Waals surface area contributed by atoms with Gasteiger partial charge in [0.1, 0.15) is 5.57 Å². The van der Waals surface area contributed by atoms with Crippen LogP contribution in [-0.4, -0.2) is 31.6 Å². The molecule has 4 rings (SSSR count). The van der Waals surface area contributed by atoms with Gasteiger partial charge in [0.15, 0.2) is 5.11 Å². The van der Waals surface area contributed by atoms with E-state index in [9.17, 15) is 19.7 Å². The van der Waals surface area contributed by atoms with Crippen molar-refractivity contribution in [1.29, 1.82) is 0 Å². The topological polar surface area (TPSA) is 119 Å². The van der Waals surface area contributed by atoms with Crippen LogP contribution in [-0.2, 0) is 9.59 Å². The first-order chi connectivity index (χ1) is 14.4. The maximum Gasteiger partial charge on any atom is 0.269 e. The number of amides is 2. The molecule has 1 fully saturated rings. The predicted octanol–water partition coefficient (Wildman–Crippen LogP) is 2.36. The Hall–Kier alpha value is -4.18. The van der Waals surface area contributed by atoms with Crippen LogP contribution in [0, 0.1) is 10.1 Å². The van der Waals surface area contributed by atoms with E-state index in [4.69, 9.17) is 12.2 Å². The molecule has 10 heteroatoms. The van der Waals surface area contributed by atoms with Crippen molar-refractivity contribution in [2.75, 3.05) is 0 Å². The van der Waals surface area contributed by atoms with Crippen molar-refractivity contribution in [1.82, 2.24) is 20.4 Å². The van der Waals surface area contributed by atoms with Crippen molar-refractivity contribution in [2.24, 2.45) is 0 Å². The summed E-state index contributed by atoms with van der Waals surface area (Å²) < 4.78 is 1.64. The average molecular weight is 419 g/mol. The number of nitro groups is 1. The summed E-state index contributed by atoms with van der Waals surface area (Å²) in [4.78, 5) is 34.7. The zero-order valence-corrected chi connectivity index (χ0v) is 16.1. The molecule has 30 heavy (non-hydrogen) atoms. The van der Waals surface area contributed by atoms with Gasteiger partial charge < -0.3 is 0 Å². The number of aromatic nitrogens is 2. The third kappa shape index (κ3) is 3.71. The van der Waals surface area contributed by atoms with E-state index >= 15 is 0 Å². The Kier molecular flexibility index (Phi) is 4.90. The minimum atomic E-state index is -0.616. The molecule has 2 aromatic carbocycles. The largest absolute Gasteiger partial charge is 0.299 e. The quantitative estimate of drug-likeness (QED) is 0.220. The van der Waals surface area contributed by atoms with Crippen LogP contribution in [0.4, 0.5) is 5.69 Å². The molecule has 0 saturated carbocycles. The highest BCUT2D eigenvalue weighted by Crippen LogP contribution is 2.27. The van der Waals surface area contributed by atoms with Gasteiger partial charge in [0.25, 0.3) is 17.5 Å². The normalized spacial score (nSPS) is 13.6. The van der Waals surface area contributed by atoms with Gasteiger partial charge in [0.2, 0.25) is 0 Å². The fraction of sp³-hybridized carbons (Fsp3) is 0. The first-order valence-electron chi connectivity index (χ1n) is 8.71. The Labute approximate surface area is 175 Å². The number of carbonyl (C=O) groups is 2. The Morgan fingerprint density at radius 2 is 1.63 bits per heavy atom. The number of hydrogen-bond acceptors (Lipinski definition) is 6. The van der Waals surface area contributed by atoms with Crippen LogP contribution in [0.3, 0.4) is 0 Å². The fourth-order valence-corrected chi connectivity index (χ4v) is 3.14. The standard InChI is InChI=1S/C20H13N5O4S/c26-18-16(19(27)22-20(30)21-18)10-13-11-17(12-6-8-15(9-7-12)25(28)29)24(23-13)14-4-2-1-3-5-14/h1-11H,(H2,21,22,26,27,30). The summed E-state index contributed by atoms with van der Waals surface area (Å²) in [6.07, 6.45) is 1.36. The highest BCUT2D eigenvalue weighted by molar-refractivity contribution is 7.80. The van der Waals surface area contributed by atoms with Crippen molar-refractivity contribution in [3.05, 3.63) is 82.0 Å². The molecule has 3 aromatic rings.